The molecule has 0 radical (unpaired) electrons. The van der Waals surface area contributed by atoms with Crippen molar-refractivity contribution in [1.29, 1.82) is 0 Å². The molecule has 2 heterocycles. The maximum absolute atomic E-state index is 10.3. The van der Waals surface area contributed by atoms with E-state index in [4.69, 9.17) is 9.52 Å². The monoisotopic (exact) mass is 166 g/mol. The molecule has 0 aliphatic carbocycles. The zero-order chi connectivity index (χ0) is 8.55. The van der Waals surface area contributed by atoms with Crippen LogP contribution in [0.4, 0.5) is 0 Å². The summed E-state index contributed by atoms with van der Waals surface area (Å²) in [6.45, 7) is 0. The van der Waals surface area contributed by atoms with Crippen LogP contribution < -0.4 is 0 Å². The van der Waals surface area contributed by atoms with E-state index in [-0.39, 0.29) is 6.42 Å². The van der Waals surface area contributed by atoms with Gasteiger partial charge in [-0.1, -0.05) is 0 Å². The van der Waals surface area contributed by atoms with Crippen molar-refractivity contribution in [2.45, 2.75) is 6.42 Å². The van der Waals surface area contributed by atoms with Gasteiger partial charge in [0.25, 0.3) is 0 Å². The van der Waals surface area contributed by atoms with Gasteiger partial charge in [0.2, 0.25) is 0 Å². The zero-order valence-electron chi connectivity index (χ0n) is 6.10. The molecule has 2 aromatic rings. The lowest BCUT2D eigenvalue weighted by molar-refractivity contribution is -0.136. The van der Waals surface area contributed by atoms with Crippen LogP contribution in [0.2, 0.25) is 0 Å². The molecule has 2 aromatic heterocycles. The first kappa shape index (κ1) is 6.90. The normalized spacial score (nSPS) is 10.7. The minimum absolute atomic E-state index is 0.108. The standard InChI is InChI=1S/C7H6N2O3/c10-6(11)3-5-4-9-2-1-8-7(9)12-5/h1-2,4H,3H2,(H,10,11). The van der Waals surface area contributed by atoms with E-state index in [1.165, 1.54) is 0 Å². The first-order valence-electron chi connectivity index (χ1n) is 3.39. The molecular formula is C7H6N2O3. The van der Waals surface area contributed by atoms with E-state index in [2.05, 4.69) is 4.98 Å². The van der Waals surface area contributed by atoms with Crippen LogP contribution in [0.25, 0.3) is 5.84 Å². The van der Waals surface area contributed by atoms with Crippen molar-refractivity contribution in [3.8, 4) is 0 Å². The Bertz CT molecular complexity index is 386. The second-order valence-corrected chi connectivity index (χ2v) is 2.39. The molecule has 0 amide bonds. The van der Waals surface area contributed by atoms with Crippen LogP contribution in [0.3, 0.4) is 0 Å². The average Bonchev–Trinajstić information content (AvgIpc) is 2.43. The number of aromatic nitrogens is 2. The molecule has 2 rings (SSSR count). The highest BCUT2D eigenvalue weighted by atomic mass is 16.4. The third kappa shape index (κ3) is 1.05. The van der Waals surface area contributed by atoms with Gasteiger partial charge >= 0.3 is 11.8 Å². The van der Waals surface area contributed by atoms with Gasteiger partial charge in [0, 0.05) is 12.4 Å². The highest BCUT2D eigenvalue weighted by molar-refractivity contribution is 5.69. The number of imidazole rings is 1. The molecule has 0 saturated heterocycles. The van der Waals surface area contributed by atoms with Crippen LogP contribution in [-0.2, 0) is 11.2 Å². The van der Waals surface area contributed by atoms with E-state index in [1.807, 2.05) is 0 Å². The van der Waals surface area contributed by atoms with Crippen molar-refractivity contribution in [3.63, 3.8) is 0 Å². The van der Waals surface area contributed by atoms with Crippen LogP contribution in [-0.4, -0.2) is 20.5 Å². The molecule has 0 aromatic carbocycles. The summed E-state index contributed by atoms with van der Waals surface area (Å²) in [5.41, 5.74) is 0. The number of aliphatic carboxylic acids is 1. The summed E-state index contributed by atoms with van der Waals surface area (Å²) in [6, 6.07) is 0. The molecule has 0 saturated carbocycles. The first-order valence-corrected chi connectivity index (χ1v) is 3.39. The van der Waals surface area contributed by atoms with Gasteiger partial charge in [-0.25, -0.2) is 4.98 Å². The molecule has 0 fully saturated rings. The minimum atomic E-state index is -0.910. The lowest BCUT2D eigenvalue weighted by Crippen LogP contribution is -1.98. The maximum Gasteiger partial charge on any atom is 0.311 e. The van der Waals surface area contributed by atoms with Crippen LogP contribution in [0, 0.1) is 0 Å². The van der Waals surface area contributed by atoms with Gasteiger partial charge in [-0.05, 0) is 0 Å². The van der Waals surface area contributed by atoms with Crippen molar-refractivity contribution in [2.24, 2.45) is 0 Å². The third-order valence-corrected chi connectivity index (χ3v) is 1.46. The predicted octanol–water partition coefficient (Wildman–Crippen LogP) is 0.554. The summed E-state index contributed by atoms with van der Waals surface area (Å²) >= 11 is 0. The van der Waals surface area contributed by atoms with Crippen LogP contribution in [0.5, 0.6) is 0 Å². The van der Waals surface area contributed by atoms with Gasteiger partial charge in [-0.2, -0.15) is 0 Å². The molecule has 5 nitrogen and oxygen atoms in total. The molecule has 0 aliphatic heterocycles. The third-order valence-electron chi connectivity index (χ3n) is 1.46. The Hall–Kier alpha value is -1.78. The van der Waals surface area contributed by atoms with Crippen molar-refractivity contribution in [2.75, 3.05) is 0 Å². The van der Waals surface area contributed by atoms with Crippen molar-refractivity contribution >= 4 is 11.8 Å². The number of hydrogen-bond donors (Lipinski definition) is 1. The number of carboxylic acid groups (broad SMARTS) is 1. The SMILES string of the molecule is O=C(O)Cc1cn2ccnc2o1. The second-order valence-electron chi connectivity index (χ2n) is 2.39. The largest absolute Gasteiger partial charge is 0.481 e. The Balaban J connectivity index is 2.38. The van der Waals surface area contributed by atoms with Gasteiger partial charge in [0.05, 0.1) is 6.20 Å². The van der Waals surface area contributed by atoms with E-state index in [1.54, 1.807) is 23.0 Å². The second kappa shape index (κ2) is 2.37. The average molecular weight is 166 g/mol. The fourth-order valence-electron chi connectivity index (χ4n) is 1.01. The lowest BCUT2D eigenvalue weighted by Gasteiger charge is -1.84. The zero-order valence-corrected chi connectivity index (χ0v) is 6.10. The van der Waals surface area contributed by atoms with Crippen LogP contribution in [0.15, 0.2) is 23.0 Å². The maximum atomic E-state index is 10.3. The highest BCUT2D eigenvalue weighted by Crippen LogP contribution is 2.07. The number of oxazole rings is 1. The lowest BCUT2D eigenvalue weighted by atomic mass is 10.4. The molecule has 0 spiro atoms. The number of fused-ring (bicyclic) bond motifs is 1. The molecular weight excluding hydrogens is 160 g/mol. The topological polar surface area (TPSA) is 67.7 Å². The number of carboxylic acids is 1. The summed E-state index contributed by atoms with van der Waals surface area (Å²) < 4.78 is 6.73. The summed E-state index contributed by atoms with van der Waals surface area (Å²) in [7, 11) is 0. The molecule has 0 unspecified atom stereocenters. The van der Waals surface area contributed by atoms with Gasteiger partial charge in [0.1, 0.15) is 12.2 Å². The Morgan fingerprint density at radius 2 is 2.58 bits per heavy atom. The van der Waals surface area contributed by atoms with Crippen molar-refractivity contribution in [3.05, 3.63) is 24.4 Å². The Morgan fingerprint density at radius 1 is 1.75 bits per heavy atom. The van der Waals surface area contributed by atoms with Crippen molar-refractivity contribution < 1.29 is 14.3 Å². The summed E-state index contributed by atoms with van der Waals surface area (Å²) in [6.07, 6.45) is 4.79. The quantitative estimate of drug-likeness (QED) is 0.707. The van der Waals surface area contributed by atoms with E-state index in [0.29, 0.717) is 11.6 Å². The molecule has 0 aliphatic rings. The molecule has 0 atom stereocenters. The summed E-state index contributed by atoms with van der Waals surface area (Å²) in [5, 5.41) is 8.44. The fourth-order valence-corrected chi connectivity index (χ4v) is 1.01. The highest BCUT2D eigenvalue weighted by Gasteiger charge is 2.07. The molecule has 1 N–H and O–H groups in total. The minimum Gasteiger partial charge on any atom is -0.481 e. The molecule has 62 valence electrons. The summed E-state index contributed by atoms with van der Waals surface area (Å²) in [4.78, 5) is 14.1. The fraction of sp³-hybridized carbons (Fsp3) is 0.143. The van der Waals surface area contributed by atoms with E-state index >= 15 is 0 Å². The van der Waals surface area contributed by atoms with E-state index in [9.17, 15) is 4.79 Å². The predicted molar refractivity (Wildman–Crippen MR) is 38.8 cm³/mol. The molecule has 12 heavy (non-hydrogen) atoms. The number of nitrogens with zero attached hydrogens (tertiary/aromatic N) is 2. The summed E-state index contributed by atoms with van der Waals surface area (Å²) in [5.74, 6) is -0.0798. The van der Waals surface area contributed by atoms with Crippen LogP contribution in [0.1, 0.15) is 5.76 Å². The van der Waals surface area contributed by atoms with E-state index < -0.39 is 5.97 Å². The molecule has 0 bridgehead atoms. The van der Waals surface area contributed by atoms with Crippen LogP contribution >= 0.6 is 0 Å². The van der Waals surface area contributed by atoms with Gasteiger partial charge in [-0.3, -0.25) is 9.20 Å². The van der Waals surface area contributed by atoms with Crippen molar-refractivity contribution in [1.82, 2.24) is 9.38 Å². The van der Waals surface area contributed by atoms with Gasteiger partial charge in [-0.15, -0.1) is 0 Å². The van der Waals surface area contributed by atoms with Gasteiger partial charge < -0.3 is 9.52 Å². The number of carbonyl (C=O) groups is 1. The Morgan fingerprint density at radius 3 is 3.25 bits per heavy atom. The molecule has 5 heteroatoms. The van der Waals surface area contributed by atoms with Gasteiger partial charge in [0.15, 0.2) is 0 Å². The van der Waals surface area contributed by atoms with E-state index in [0.717, 1.165) is 0 Å². The Kier molecular flexibility index (Phi) is 1.36. The smallest absolute Gasteiger partial charge is 0.311 e. The first-order chi connectivity index (χ1) is 5.75. The number of rotatable bonds is 2. The Labute approximate surface area is 67.2 Å². The number of hydrogen-bond acceptors (Lipinski definition) is 3.